The number of nitrogens with zero attached hydrogens (tertiary/aromatic N) is 4. The summed E-state index contributed by atoms with van der Waals surface area (Å²) < 4.78 is 46.2. The van der Waals surface area contributed by atoms with E-state index in [4.69, 9.17) is 15.7 Å². The van der Waals surface area contributed by atoms with Crippen molar-refractivity contribution in [3.05, 3.63) is 65.5 Å². The van der Waals surface area contributed by atoms with Crippen molar-refractivity contribution in [1.82, 2.24) is 19.8 Å². The van der Waals surface area contributed by atoms with Gasteiger partial charge in [0.25, 0.3) is 5.91 Å². The van der Waals surface area contributed by atoms with E-state index in [2.05, 4.69) is 15.6 Å². The first-order chi connectivity index (χ1) is 16.7. The third kappa shape index (κ3) is 4.29. The molecule has 0 bridgehead atoms. The summed E-state index contributed by atoms with van der Waals surface area (Å²) in [4.78, 5) is 15.0. The quantitative estimate of drug-likeness (QED) is 0.294. The Morgan fingerprint density at radius 1 is 1.09 bits per heavy atom. The maximum absolute atomic E-state index is 13.4. The lowest BCUT2D eigenvalue weighted by atomic mass is 10.1. The third-order valence-electron chi connectivity index (χ3n) is 5.80. The molecule has 0 aliphatic carbocycles. The van der Waals surface area contributed by atoms with E-state index in [1.165, 1.54) is 18.2 Å². The summed E-state index contributed by atoms with van der Waals surface area (Å²) >= 11 is 0. The van der Waals surface area contributed by atoms with Gasteiger partial charge in [-0.25, -0.2) is 4.68 Å². The number of carbonyl (C=O) groups excluding carboxylic acids is 1. The van der Waals surface area contributed by atoms with E-state index in [0.717, 1.165) is 30.6 Å². The number of halogens is 3. The molecule has 0 radical (unpaired) electrons. The van der Waals surface area contributed by atoms with E-state index in [0.29, 0.717) is 34.1 Å². The van der Waals surface area contributed by atoms with Gasteiger partial charge in [-0.2, -0.15) is 18.3 Å². The zero-order chi connectivity index (χ0) is 24.7. The molecule has 0 atom stereocenters. The van der Waals surface area contributed by atoms with Gasteiger partial charge in [-0.05, 0) is 55.3 Å². The van der Waals surface area contributed by atoms with Crippen molar-refractivity contribution in [2.45, 2.75) is 19.0 Å². The Morgan fingerprint density at radius 3 is 2.49 bits per heavy atom. The van der Waals surface area contributed by atoms with Crippen molar-refractivity contribution < 1.29 is 22.5 Å². The van der Waals surface area contributed by atoms with Crippen LogP contribution in [0, 0.1) is 5.41 Å². The zero-order valence-corrected chi connectivity index (χ0v) is 18.3. The van der Waals surface area contributed by atoms with Crippen molar-refractivity contribution in [2.75, 3.05) is 24.1 Å². The number of nitrogens with one attached hydrogen (secondary N) is 2. The minimum Gasteiger partial charge on any atom is -0.380 e. The van der Waals surface area contributed by atoms with E-state index >= 15 is 0 Å². The highest BCUT2D eigenvalue weighted by molar-refractivity contribution is 6.04. The lowest BCUT2D eigenvalue weighted by molar-refractivity contribution is -0.141. The molecule has 9 nitrogen and oxygen atoms in total. The monoisotopic (exact) mass is 483 g/mol. The van der Waals surface area contributed by atoms with Gasteiger partial charge in [-0.3, -0.25) is 10.2 Å². The largest absolute Gasteiger partial charge is 0.435 e. The Hall–Kier alpha value is -4.35. The number of amidine groups is 1. The lowest BCUT2D eigenvalue weighted by Gasteiger charge is -2.18. The van der Waals surface area contributed by atoms with Crippen molar-refractivity contribution in [3.63, 3.8) is 0 Å². The van der Waals surface area contributed by atoms with Crippen LogP contribution in [0.1, 0.15) is 34.6 Å². The summed E-state index contributed by atoms with van der Waals surface area (Å²) in [5, 5.41) is 18.6. The lowest BCUT2D eigenvalue weighted by Crippen LogP contribution is -2.27. The van der Waals surface area contributed by atoms with Gasteiger partial charge in [0, 0.05) is 30.4 Å². The molecule has 4 N–H and O–H groups in total. The number of alkyl halides is 3. The van der Waals surface area contributed by atoms with E-state index in [9.17, 15) is 18.0 Å². The molecule has 0 spiro atoms. The fourth-order valence-corrected chi connectivity index (χ4v) is 3.99. The molecule has 1 fully saturated rings. The van der Waals surface area contributed by atoms with Gasteiger partial charge in [0.2, 0.25) is 0 Å². The van der Waals surface area contributed by atoms with Crippen LogP contribution >= 0.6 is 0 Å². The molecular weight excluding hydrogens is 463 g/mol. The Kier molecular flexibility index (Phi) is 5.42. The van der Waals surface area contributed by atoms with Gasteiger partial charge in [0.05, 0.1) is 11.1 Å². The molecule has 2 aromatic heterocycles. The number of hydrogen-bond acceptors (Lipinski definition) is 6. The number of hydrogen-bond donors (Lipinski definition) is 3. The van der Waals surface area contributed by atoms with Crippen LogP contribution < -0.4 is 11.1 Å². The molecule has 12 heteroatoms. The summed E-state index contributed by atoms with van der Waals surface area (Å²) in [5.41, 5.74) is 5.81. The van der Waals surface area contributed by atoms with Gasteiger partial charge in [-0.1, -0.05) is 5.16 Å². The van der Waals surface area contributed by atoms with Crippen LogP contribution in [0.3, 0.4) is 0 Å². The van der Waals surface area contributed by atoms with E-state index in [1.807, 2.05) is 4.90 Å². The first kappa shape index (κ1) is 22.4. The summed E-state index contributed by atoms with van der Waals surface area (Å²) in [5.74, 6) is -0.318. The number of benzene rings is 2. The predicted molar refractivity (Wildman–Crippen MR) is 123 cm³/mol. The molecule has 1 amide bonds. The van der Waals surface area contributed by atoms with Gasteiger partial charge < -0.3 is 20.5 Å². The smallest absolute Gasteiger partial charge is 0.380 e. The number of anilines is 2. The number of likely N-dealkylation sites (tertiary alicyclic amines) is 1. The molecule has 1 aliphatic rings. The summed E-state index contributed by atoms with van der Waals surface area (Å²) in [7, 11) is 0. The highest BCUT2D eigenvalue weighted by atomic mass is 19.4. The second kappa shape index (κ2) is 8.46. The van der Waals surface area contributed by atoms with Crippen LogP contribution in [0.5, 0.6) is 0 Å². The first-order valence-corrected chi connectivity index (χ1v) is 10.8. The van der Waals surface area contributed by atoms with Crippen LogP contribution in [0.2, 0.25) is 0 Å². The average Bonchev–Trinajstić information content (AvgIpc) is 3.59. The number of aromatic nitrogens is 3. The van der Waals surface area contributed by atoms with Gasteiger partial charge in [0.1, 0.15) is 11.5 Å². The normalized spacial score (nSPS) is 14.0. The summed E-state index contributed by atoms with van der Waals surface area (Å²) in [6.45, 7) is 1.66. The highest BCUT2D eigenvalue weighted by Crippen LogP contribution is 2.31. The Balaban J connectivity index is 1.44. The molecule has 0 saturated carbocycles. The number of nitrogen functional groups attached to an aromatic ring is 1. The fraction of sp³-hybridized carbons (Fsp3) is 0.217. The molecular formula is C23H20F3N7O2. The van der Waals surface area contributed by atoms with Gasteiger partial charge in [0.15, 0.2) is 17.1 Å². The number of nitrogens with two attached hydrogens (primary N) is 1. The van der Waals surface area contributed by atoms with Crippen LogP contribution in [-0.2, 0) is 6.18 Å². The molecule has 1 saturated heterocycles. The molecule has 180 valence electrons. The second-order valence-electron chi connectivity index (χ2n) is 8.15. The van der Waals surface area contributed by atoms with Crippen LogP contribution in [0.25, 0.3) is 16.7 Å². The molecule has 1 aliphatic heterocycles. The van der Waals surface area contributed by atoms with E-state index in [1.54, 1.807) is 24.3 Å². The zero-order valence-electron chi connectivity index (χ0n) is 18.3. The summed E-state index contributed by atoms with van der Waals surface area (Å²) in [6, 6.07) is 11.7. The van der Waals surface area contributed by atoms with Crippen molar-refractivity contribution in [2.24, 2.45) is 0 Å². The van der Waals surface area contributed by atoms with Gasteiger partial charge in [-0.15, -0.1) is 0 Å². The molecule has 2 aromatic carbocycles. The van der Waals surface area contributed by atoms with E-state index in [-0.39, 0.29) is 17.2 Å². The number of fused-ring (bicyclic) bond motifs is 1. The molecule has 35 heavy (non-hydrogen) atoms. The minimum atomic E-state index is -4.75. The Bertz CT molecular complexity index is 1420. The van der Waals surface area contributed by atoms with Crippen LogP contribution in [-0.4, -0.2) is 44.7 Å². The minimum absolute atomic E-state index is 0.0654. The number of carbonyl (C=O) groups is 1. The van der Waals surface area contributed by atoms with Crippen LogP contribution in [0.4, 0.5) is 24.7 Å². The van der Waals surface area contributed by atoms with Gasteiger partial charge >= 0.3 is 6.18 Å². The molecule has 5 rings (SSSR count). The Morgan fingerprint density at radius 2 is 1.80 bits per heavy atom. The molecule has 4 aromatic rings. The second-order valence-corrected chi connectivity index (χ2v) is 8.15. The fourth-order valence-electron chi connectivity index (χ4n) is 3.99. The maximum atomic E-state index is 13.4. The van der Waals surface area contributed by atoms with Crippen molar-refractivity contribution in [3.8, 4) is 5.69 Å². The van der Waals surface area contributed by atoms with Crippen LogP contribution in [0.15, 0.2) is 53.1 Å². The van der Waals surface area contributed by atoms with Crippen molar-refractivity contribution in [1.29, 1.82) is 5.41 Å². The number of amides is 1. The SMILES string of the molecule is N=C(c1ccc(NC(=O)c2cc(C(F)(F)F)nn2-c2ccc3onc(N)c3c2)cc1)N1CCCC1. The molecule has 3 heterocycles. The average molecular weight is 483 g/mol. The third-order valence-corrected chi connectivity index (χ3v) is 5.80. The standard InChI is InChI=1S/C23H20F3N7O2/c24-23(25,26)19-12-17(33(30-19)15-7-8-18-16(11-15)20(27)31-35-18)22(34)29-14-5-3-13(4-6-14)21(28)32-9-1-2-10-32/h3-8,11-12,28H,1-2,9-10H2,(H2,27,31)(H,29,34). The topological polar surface area (TPSA) is 126 Å². The van der Waals surface area contributed by atoms with E-state index < -0.39 is 17.8 Å². The predicted octanol–water partition coefficient (Wildman–Crippen LogP) is 4.29. The number of rotatable bonds is 4. The highest BCUT2D eigenvalue weighted by Gasteiger charge is 2.36. The van der Waals surface area contributed by atoms with Crippen molar-refractivity contribution >= 4 is 34.2 Å². The maximum Gasteiger partial charge on any atom is 0.435 e. The molecule has 0 unspecified atom stereocenters. The first-order valence-electron chi connectivity index (χ1n) is 10.8. The Labute approximate surface area is 196 Å². The summed E-state index contributed by atoms with van der Waals surface area (Å²) in [6.07, 6.45) is -2.67.